The van der Waals surface area contributed by atoms with E-state index in [1.807, 2.05) is 0 Å². The van der Waals surface area contributed by atoms with Gasteiger partial charge in [0.2, 0.25) is 0 Å². The number of hydrogen-bond acceptors (Lipinski definition) is 4. The zero-order valence-electron chi connectivity index (χ0n) is 9.48. The average molecular weight is 244 g/mol. The van der Waals surface area contributed by atoms with Crippen molar-refractivity contribution >= 4 is 12.0 Å². The van der Waals surface area contributed by atoms with Gasteiger partial charge in [-0.2, -0.15) is 0 Å². The molecule has 7 nitrogen and oxygen atoms in total. The SMILES string of the molecule is O=C(O)CNC(=O)N1CCC2(CC1)OCCO2. The summed E-state index contributed by atoms with van der Waals surface area (Å²) in [5.74, 6) is -1.56. The van der Waals surface area contributed by atoms with Gasteiger partial charge in [-0.1, -0.05) is 0 Å². The zero-order chi connectivity index (χ0) is 12.3. The van der Waals surface area contributed by atoms with Gasteiger partial charge in [0, 0.05) is 25.9 Å². The number of aliphatic carboxylic acids is 1. The second kappa shape index (κ2) is 4.89. The quantitative estimate of drug-likeness (QED) is 0.691. The van der Waals surface area contributed by atoms with Gasteiger partial charge in [-0.15, -0.1) is 0 Å². The molecule has 0 aromatic heterocycles. The lowest BCUT2D eigenvalue weighted by molar-refractivity contribution is -0.181. The maximum Gasteiger partial charge on any atom is 0.323 e. The molecule has 0 saturated carbocycles. The maximum atomic E-state index is 11.6. The number of nitrogens with zero attached hydrogens (tertiary/aromatic N) is 1. The number of likely N-dealkylation sites (tertiary alicyclic amines) is 1. The van der Waals surface area contributed by atoms with Gasteiger partial charge in [-0.3, -0.25) is 4.79 Å². The van der Waals surface area contributed by atoms with E-state index in [2.05, 4.69) is 5.32 Å². The Kier molecular flexibility index (Phi) is 3.49. The topological polar surface area (TPSA) is 88.1 Å². The minimum Gasteiger partial charge on any atom is -0.480 e. The van der Waals surface area contributed by atoms with Crippen molar-refractivity contribution in [3.8, 4) is 0 Å². The highest BCUT2D eigenvalue weighted by Crippen LogP contribution is 2.31. The van der Waals surface area contributed by atoms with Crippen LogP contribution in [0.15, 0.2) is 0 Å². The summed E-state index contributed by atoms with van der Waals surface area (Å²) in [7, 11) is 0. The van der Waals surface area contributed by atoms with Crippen molar-refractivity contribution < 1.29 is 24.2 Å². The molecule has 0 aromatic rings. The molecule has 2 aliphatic heterocycles. The number of piperidine rings is 1. The lowest BCUT2D eigenvalue weighted by atomic mass is 10.0. The van der Waals surface area contributed by atoms with E-state index in [4.69, 9.17) is 14.6 Å². The van der Waals surface area contributed by atoms with Gasteiger partial charge >= 0.3 is 12.0 Å². The first-order chi connectivity index (χ1) is 8.11. The first-order valence-corrected chi connectivity index (χ1v) is 5.64. The van der Waals surface area contributed by atoms with Crippen molar-refractivity contribution in [1.29, 1.82) is 0 Å². The summed E-state index contributed by atoms with van der Waals surface area (Å²) in [5.41, 5.74) is 0. The largest absolute Gasteiger partial charge is 0.480 e. The van der Waals surface area contributed by atoms with Crippen LogP contribution in [-0.4, -0.2) is 60.6 Å². The van der Waals surface area contributed by atoms with Crippen molar-refractivity contribution in [3.63, 3.8) is 0 Å². The molecule has 2 heterocycles. The number of rotatable bonds is 2. The predicted octanol–water partition coefficient (Wildman–Crippen LogP) is -0.380. The van der Waals surface area contributed by atoms with Crippen LogP contribution in [0.3, 0.4) is 0 Å². The fraction of sp³-hybridized carbons (Fsp3) is 0.800. The van der Waals surface area contributed by atoms with E-state index in [1.165, 1.54) is 0 Å². The third-order valence-electron chi connectivity index (χ3n) is 3.02. The zero-order valence-corrected chi connectivity index (χ0v) is 9.48. The predicted molar refractivity (Wildman–Crippen MR) is 56.5 cm³/mol. The Morgan fingerprint density at radius 2 is 1.82 bits per heavy atom. The molecular formula is C10H16N2O5. The molecule has 1 spiro atoms. The fourth-order valence-corrected chi connectivity index (χ4v) is 2.10. The molecule has 2 amide bonds. The van der Waals surface area contributed by atoms with E-state index in [0.717, 1.165) is 0 Å². The maximum absolute atomic E-state index is 11.6. The van der Waals surface area contributed by atoms with Gasteiger partial charge in [0.25, 0.3) is 0 Å². The smallest absolute Gasteiger partial charge is 0.323 e. The summed E-state index contributed by atoms with van der Waals surface area (Å²) < 4.78 is 11.1. The third-order valence-corrected chi connectivity index (χ3v) is 3.02. The van der Waals surface area contributed by atoms with E-state index in [1.54, 1.807) is 4.90 Å². The minimum absolute atomic E-state index is 0.347. The molecule has 0 radical (unpaired) electrons. The molecule has 0 aromatic carbocycles. The normalized spacial score (nSPS) is 22.7. The molecule has 96 valence electrons. The second-order valence-corrected chi connectivity index (χ2v) is 4.15. The Morgan fingerprint density at radius 3 is 2.35 bits per heavy atom. The summed E-state index contributed by atoms with van der Waals surface area (Å²) in [6, 6.07) is -0.347. The van der Waals surface area contributed by atoms with Crippen LogP contribution in [0, 0.1) is 0 Å². The molecule has 0 atom stereocenters. The molecular weight excluding hydrogens is 228 g/mol. The van der Waals surface area contributed by atoms with E-state index in [0.29, 0.717) is 39.1 Å². The fourth-order valence-electron chi connectivity index (χ4n) is 2.10. The molecule has 0 bridgehead atoms. The molecule has 0 aliphatic carbocycles. The minimum atomic E-state index is -1.05. The number of ether oxygens (including phenoxy) is 2. The monoisotopic (exact) mass is 244 g/mol. The van der Waals surface area contributed by atoms with E-state index in [-0.39, 0.29) is 12.6 Å². The summed E-state index contributed by atoms with van der Waals surface area (Å²) in [6.07, 6.45) is 1.26. The van der Waals surface area contributed by atoms with Crippen LogP contribution in [0.4, 0.5) is 4.79 Å². The molecule has 0 unspecified atom stereocenters. The highest BCUT2D eigenvalue weighted by atomic mass is 16.7. The van der Waals surface area contributed by atoms with Crippen molar-refractivity contribution in [2.45, 2.75) is 18.6 Å². The molecule has 2 aliphatic rings. The van der Waals surface area contributed by atoms with Crippen molar-refractivity contribution in [3.05, 3.63) is 0 Å². The Hall–Kier alpha value is -1.34. The van der Waals surface area contributed by atoms with Gasteiger partial charge < -0.3 is 24.8 Å². The number of carboxylic acid groups (broad SMARTS) is 1. The number of carbonyl (C=O) groups excluding carboxylic acids is 1. The van der Waals surface area contributed by atoms with E-state index >= 15 is 0 Å². The van der Waals surface area contributed by atoms with Gasteiger partial charge in [0.1, 0.15) is 6.54 Å². The summed E-state index contributed by atoms with van der Waals surface area (Å²) in [5, 5.41) is 10.8. The van der Waals surface area contributed by atoms with Crippen molar-refractivity contribution in [2.24, 2.45) is 0 Å². The van der Waals surface area contributed by atoms with Crippen molar-refractivity contribution in [2.75, 3.05) is 32.8 Å². The number of nitrogens with one attached hydrogen (secondary N) is 1. The van der Waals surface area contributed by atoms with Crippen molar-refractivity contribution in [1.82, 2.24) is 10.2 Å². The van der Waals surface area contributed by atoms with Gasteiger partial charge in [-0.25, -0.2) is 4.79 Å². The highest BCUT2D eigenvalue weighted by Gasteiger charge is 2.40. The number of hydrogen-bond donors (Lipinski definition) is 2. The number of carboxylic acids is 1. The van der Waals surface area contributed by atoms with Crippen LogP contribution in [0.25, 0.3) is 0 Å². The van der Waals surface area contributed by atoms with Crippen LogP contribution < -0.4 is 5.32 Å². The van der Waals surface area contributed by atoms with Crippen LogP contribution in [0.5, 0.6) is 0 Å². The highest BCUT2D eigenvalue weighted by molar-refractivity contribution is 5.80. The lowest BCUT2D eigenvalue weighted by Crippen LogP contribution is -2.51. The summed E-state index contributed by atoms with van der Waals surface area (Å²) in [4.78, 5) is 23.5. The molecule has 17 heavy (non-hydrogen) atoms. The van der Waals surface area contributed by atoms with Crippen LogP contribution >= 0.6 is 0 Å². The molecule has 2 fully saturated rings. The summed E-state index contributed by atoms with van der Waals surface area (Å²) in [6.45, 7) is 1.89. The Labute approximate surface area is 98.7 Å². The third kappa shape index (κ3) is 2.86. The Morgan fingerprint density at radius 1 is 1.24 bits per heavy atom. The number of amides is 2. The molecule has 7 heteroatoms. The lowest BCUT2D eigenvalue weighted by Gasteiger charge is -2.37. The first-order valence-electron chi connectivity index (χ1n) is 5.64. The standard InChI is InChI=1S/C10H16N2O5/c13-8(14)7-11-9(15)12-3-1-10(2-4-12)16-5-6-17-10/h1-7H2,(H,11,15)(H,13,14). The number of urea groups is 1. The Balaban J connectivity index is 1.78. The van der Waals surface area contributed by atoms with Gasteiger partial charge in [0.15, 0.2) is 5.79 Å². The van der Waals surface area contributed by atoms with Crippen LogP contribution in [0.2, 0.25) is 0 Å². The molecule has 2 rings (SSSR count). The van der Waals surface area contributed by atoms with E-state index in [9.17, 15) is 9.59 Å². The molecule has 2 N–H and O–H groups in total. The van der Waals surface area contributed by atoms with E-state index < -0.39 is 11.8 Å². The average Bonchev–Trinajstić information content (AvgIpc) is 2.75. The van der Waals surface area contributed by atoms with Crippen LogP contribution in [-0.2, 0) is 14.3 Å². The first kappa shape index (κ1) is 12.1. The van der Waals surface area contributed by atoms with Crippen LogP contribution in [0.1, 0.15) is 12.8 Å². The Bertz CT molecular complexity index is 304. The van der Waals surface area contributed by atoms with Gasteiger partial charge in [0.05, 0.1) is 13.2 Å². The molecule has 2 saturated heterocycles. The second-order valence-electron chi connectivity index (χ2n) is 4.15. The number of carbonyl (C=O) groups is 2. The van der Waals surface area contributed by atoms with Gasteiger partial charge in [-0.05, 0) is 0 Å². The summed E-state index contributed by atoms with van der Waals surface area (Å²) >= 11 is 0.